The van der Waals surface area contributed by atoms with E-state index in [4.69, 9.17) is 9.47 Å². The lowest BCUT2D eigenvalue weighted by atomic mass is 9.99. The lowest BCUT2D eigenvalue weighted by Crippen LogP contribution is -2.60. The number of unbranched alkanes of at least 4 members (excludes halogenated alkanes) is 49. The van der Waals surface area contributed by atoms with Crippen molar-refractivity contribution < 1.29 is 39.8 Å². The SMILES string of the molecule is CCCCCCCCCCCCCCC/C=C/CC/C=C/C(O)C(COC1OC(CO)C(O)C(O)C1O)NC(=O)CCCCCCCCCCCCCCCCCCCCCCCCCCCCCCCCCCCCCC. The van der Waals surface area contributed by atoms with Gasteiger partial charge in [-0.3, -0.25) is 4.79 Å². The zero-order valence-electron chi connectivity index (χ0n) is 51.7. The highest BCUT2D eigenvalue weighted by molar-refractivity contribution is 5.76. The Morgan fingerprint density at radius 2 is 0.731 bits per heavy atom. The summed E-state index contributed by atoms with van der Waals surface area (Å²) >= 11 is 0. The molecule has 0 radical (unpaired) electrons. The van der Waals surface area contributed by atoms with Crippen LogP contribution in [0.4, 0.5) is 0 Å². The highest BCUT2D eigenvalue weighted by Gasteiger charge is 2.44. The highest BCUT2D eigenvalue weighted by Crippen LogP contribution is 2.23. The van der Waals surface area contributed by atoms with Gasteiger partial charge in [0.15, 0.2) is 6.29 Å². The first-order valence-electron chi connectivity index (χ1n) is 34.6. The molecule has 1 saturated heterocycles. The summed E-state index contributed by atoms with van der Waals surface area (Å²) in [6.07, 6.45) is 70.2. The second-order valence-electron chi connectivity index (χ2n) is 24.3. The fourth-order valence-corrected chi connectivity index (χ4v) is 11.4. The molecule has 1 amide bonds. The first kappa shape index (κ1) is 74.7. The zero-order valence-corrected chi connectivity index (χ0v) is 51.7. The molecule has 1 fully saturated rings. The number of hydrogen-bond donors (Lipinski definition) is 6. The third-order valence-electron chi connectivity index (χ3n) is 16.8. The summed E-state index contributed by atoms with van der Waals surface area (Å²) in [5.74, 6) is -0.179. The number of carbonyl (C=O) groups is 1. The van der Waals surface area contributed by atoms with Gasteiger partial charge >= 0.3 is 0 Å². The van der Waals surface area contributed by atoms with E-state index in [1.54, 1.807) is 6.08 Å². The fraction of sp³-hybridized carbons (Fsp3) is 0.928. The average molecular weight is 1100 g/mol. The summed E-state index contributed by atoms with van der Waals surface area (Å²) < 4.78 is 11.3. The summed E-state index contributed by atoms with van der Waals surface area (Å²) in [7, 11) is 0. The largest absolute Gasteiger partial charge is 0.394 e. The van der Waals surface area contributed by atoms with E-state index in [0.29, 0.717) is 6.42 Å². The van der Waals surface area contributed by atoms with Crippen molar-refractivity contribution in [3.63, 3.8) is 0 Å². The van der Waals surface area contributed by atoms with Crippen LogP contribution in [0.3, 0.4) is 0 Å². The van der Waals surface area contributed by atoms with Gasteiger partial charge in [0.1, 0.15) is 24.4 Å². The summed E-state index contributed by atoms with van der Waals surface area (Å²) in [4.78, 5) is 13.1. The van der Waals surface area contributed by atoms with Crippen LogP contribution < -0.4 is 5.32 Å². The lowest BCUT2D eigenvalue weighted by Gasteiger charge is -2.40. The Morgan fingerprint density at radius 3 is 1.08 bits per heavy atom. The molecule has 1 aliphatic rings. The Hall–Kier alpha value is -1.33. The van der Waals surface area contributed by atoms with Crippen molar-refractivity contribution in [1.29, 1.82) is 0 Å². The minimum atomic E-state index is -1.57. The maximum absolute atomic E-state index is 13.1. The molecule has 6 N–H and O–H groups in total. The maximum atomic E-state index is 13.1. The molecule has 1 rings (SSSR count). The molecule has 1 aliphatic heterocycles. The monoisotopic (exact) mass is 1100 g/mol. The van der Waals surface area contributed by atoms with Crippen molar-refractivity contribution in [1.82, 2.24) is 5.32 Å². The van der Waals surface area contributed by atoms with Crippen LogP contribution in [0.2, 0.25) is 0 Å². The van der Waals surface area contributed by atoms with E-state index in [1.165, 1.54) is 295 Å². The van der Waals surface area contributed by atoms with Crippen LogP contribution in [0.1, 0.15) is 354 Å². The standard InChI is InChI=1S/C69H133NO8/c1-3-5-7-9-11-13-15-17-19-21-23-24-25-26-27-28-29-30-31-32-33-34-35-36-37-38-39-41-43-45-47-49-51-53-55-57-59-65(73)70-62(61-77-69-68(76)67(75)66(74)64(60-71)78-69)63(72)58-56-54-52-50-48-46-44-42-40-22-20-18-16-14-12-10-8-6-4-2/h48,50,56,58,62-64,66-69,71-72,74-76H,3-47,49,51-55,57,59-61H2,1-2H3,(H,70,73)/b50-48+,58-56+. The van der Waals surface area contributed by atoms with Crippen LogP contribution in [-0.4, -0.2) is 87.5 Å². The molecule has 7 atom stereocenters. The zero-order chi connectivity index (χ0) is 56.5. The normalized spacial score (nSPS) is 18.7. The van der Waals surface area contributed by atoms with Crippen molar-refractivity contribution in [2.24, 2.45) is 0 Å². The van der Waals surface area contributed by atoms with Crippen molar-refractivity contribution in [2.45, 2.75) is 397 Å². The van der Waals surface area contributed by atoms with Gasteiger partial charge in [0.2, 0.25) is 5.91 Å². The topological polar surface area (TPSA) is 149 Å². The van der Waals surface area contributed by atoms with E-state index in [-0.39, 0.29) is 12.5 Å². The molecule has 0 aromatic heterocycles. The predicted octanol–water partition coefficient (Wildman–Crippen LogP) is 18.5. The molecule has 78 heavy (non-hydrogen) atoms. The first-order valence-corrected chi connectivity index (χ1v) is 34.6. The third-order valence-corrected chi connectivity index (χ3v) is 16.8. The number of allylic oxidation sites excluding steroid dienone is 3. The Bertz CT molecular complexity index is 1280. The summed E-state index contributed by atoms with van der Waals surface area (Å²) in [6.45, 7) is 3.81. The van der Waals surface area contributed by atoms with Crippen LogP contribution in [0, 0.1) is 0 Å². The molecule has 0 spiro atoms. The maximum Gasteiger partial charge on any atom is 0.220 e. The molecule has 0 aromatic rings. The van der Waals surface area contributed by atoms with Gasteiger partial charge in [0.25, 0.3) is 0 Å². The number of ether oxygens (including phenoxy) is 2. The molecular weight excluding hydrogens is 971 g/mol. The van der Waals surface area contributed by atoms with Crippen molar-refractivity contribution in [3.05, 3.63) is 24.3 Å². The van der Waals surface area contributed by atoms with Crippen LogP contribution in [0.5, 0.6) is 0 Å². The van der Waals surface area contributed by atoms with Gasteiger partial charge in [-0.1, -0.05) is 340 Å². The molecule has 462 valence electrons. The van der Waals surface area contributed by atoms with Gasteiger partial charge in [-0.15, -0.1) is 0 Å². The fourth-order valence-electron chi connectivity index (χ4n) is 11.4. The summed E-state index contributed by atoms with van der Waals surface area (Å²) in [5.41, 5.74) is 0. The average Bonchev–Trinajstić information content (AvgIpc) is 3.45. The van der Waals surface area contributed by atoms with E-state index < -0.39 is 49.5 Å². The molecule has 1 heterocycles. The number of aliphatic hydroxyl groups is 5. The van der Waals surface area contributed by atoms with Crippen LogP contribution in [-0.2, 0) is 14.3 Å². The Kier molecular flexibility index (Phi) is 56.3. The smallest absolute Gasteiger partial charge is 0.220 e. The first-order chi connectivity index (χ1) is 38.3. The predicted molar refractivity (Wildman–Crippen MR) is 332 cm³/mol. The molecule has 0 aromatic carbocycles. The van der Waals surface area contributed by atoms with Crippen molar-refractivity contribution >= 4 is 5.91 Å². The van der Waals surface area contributed by atoms with E-state index in [9.17, 15) is 30.3 Å². The quantitative estimate of drug-likeness (QED) is 0.0261. The summed E-state index contributed by atoms with van der Waals surface area (Å²) in [5, 5.41) is 54.6. The number of amides is 1. The second-order valence-corrected chi connectivity index (χ2v) is 24.3. The van der Waals surface area contributed by atoms with Crippen molar-refractivity contribution in [2.75, 3.05) is 13.2 Å². The van der Waals surface area contributed by atoms with E-state index in [1.807, 2.05) is 6.08 Å². The number of nitrogens with one attached hydrogen (secondary N) is 1. The lowest BCUT2D eigenvalue weighted by molar-refractivity contribution is -0.302. The van der Waals surface area contributed by atoms with Gasteiger partial charge in [-0.25, -0.2) is 0 Å². The Morgan fingerprint density at radius 1 is 0.423 bits per heavy atom. The van der Waals surface area contributed by atoms with Gasteiger partial charge in [0.05, 0.1) is 25.4 Å². The second kappa shape index (κ2) is 58.9. The Balaban J connectivity index is 2.08. The van der Waals surface area contributed by atoms with Gasteiger partial charge in [0, 0.05) is 6.42 Å². The summed E-state index contributed by atoms with van der Waals surface area (Å²) in [6, 6.07) is -0.819. The van der Waals surface area contributed by atoms with Gasteiger partial charge < -0.3 is 40.3 Å². The third kappa shape index (κ3) is 47.2. The molecule has 0 saturated carbocycles. The van der Waals surface area contributed by atoms with Gasteiger partial charge in [-0.05, 0) is 32.1 Å². The van der Waals surface area contributed by atoms with E-state index in [0.717, 1.165) is 38.5 Å². The number of aliphatic hydroxyl groups excluding tert-OH is 5. The number of carbonyl (C=O) groups excluding carboxylic acids is 1. The molecular formula is C69H133NO8. The van der Waals surface area contributed by atoms with Crippen LogP contribution >= 0.6 is 0 Å². The van der Waals surface area contributed by atoms with E-state index in [2.05, 4.69) is 31.3 Å². The van der Waals surface area contributed by atoms with Crippen LogP contribution in [0.25, 0.3) is 0 Å². The number of rotatable bonds is 61. The van der Waals surface area contributed by atoms with E-state index >= 15 is 0 Å². The molecule has 0 bridgehead atoms. The van der Waals surface area contributed by atoms with Gasteiger partial charge in [-0.2, -0.15) is 0 Å². The number of hydrogen-bond acceptors (Lipinski definition) is 8. The molecule has 9 nitrogen and oxygen atoms in total. The molecule has 9 heteroatoms. The van der Waals surface area contributed by atoms with Crippen molar-refractivity contribution in [3.8, 4) is 0 Å². The van der Waals surface area contributed by atoms with Crippen LogP contribution in [0.15, 0.2) is 24.3 Å². The molecule has 7 unspecified atom stereocenters. The highest BCUT2D eigenvalue weighted by atomic mass is 16.7. The minimum Gasteiger partial charge on any atom is -0.394 e. The Labute approximate surface area is 483 Å². The molecule has 0 aliphatic carbocycles. The minimum absolute atomic E-state index is 0.179.